The molecule has 0 saturated heterocycles. The monoisotopic (exact) mass is 234 g/mol. The van der Waals surface area contributed by atoms with Gasteiger partial charge in [-0.25, -0.2) is 4.98 Å². The first-order valence-electron chi connectivity index (χ1n) is 3.19. The molecule has 0 aliphatic heterocycles. The van der Waals surface area contributed by atoms with Crippen molar-refractivity contribution in [1.29, 1.82) is 0 Å². The number of aromatic nitrogens is 1. The van der Waals surface area contributed by atoms with Crippen molar-refractivity contribution in [3.63, 3.8) is 0 Å². The van der Waals surface area contributed by atoms with E-state index in [9.17, 15) is 4.79 Å². The summed E-state index contributed by atoms with van der Waals surface area (Å²) in [5.74, 6) is -1.79. The van der Waals surface area contributed by atoms with Crippen molar-refractivity contribution in [1.82, 2.24) is 4.98 Å². The quantitative estimate of drug-likeness (QED) is 0.798. The molecule has 0 aliphatic rings. The molecule has 1 heterocycles. The molecule has 1 aromatic heterocycles. The SMILES string of the molecule is NCC(C(=O)O)c1coc(Br)n1. The van der Waals surface area contributed by atoms with Gasteiger partial charge < -0.3 is 15.3 Å². The molecule has 0 fully saturated rings. The third kappa shape index (κ3) is 1.83. The highest BCUT2D eigenvalue weighted by atomic mass is 79.9. The zero-order chi connectivity index (χ0) is 9.14. The normalized spacial score (nSPS) is 12.8. The summed E-state index contributed by atoms with van der Waals surface area (Å²) in [7, 11) is 0. The molecule has 1 unspecified atom stereocenters. The summed E-state index contributed by atoms with van der Waals surface area (Å²) in [6.45, 7) is 0.00824. The fraction of sp³-hybridized carbons (Fsp3) is 0.333. The molecule has 12 heavy (non-hydrogen) atoms. The van der Waals surface area contributed by atoms with Crippen LogP contribution in [0.15, 0.2) is 15.5 Å². The molecule has 0 spiro atoms. The average Bonchev–Trinajstić information content (AvgIpc) is 2.37. The summed E-state index contributed by atoms with van der Waals surface area (Å²) in [6.07, 6.45) is 1.27. The molecular weight excluding hydrogens is 228 g/mol. The van der Waals surface area contributed by atoms with Crippen molar-refractivity contribution < 1.29 is 14.3 Å². The van der Waals surface area contributed by atoms with Gasteiger partial charge in [0, 0.05) is 22.5 Å². The van der Waals surface area contributed by atoms with Crippen LogP contribution in [-0.4, -0.2) is 22.6 Å². The number of nitrogens with two attached hydrogens (primary N) is 1. The van der Waals surface area contributed by atoms with Gasteiger partial charge in [0.15, 0.2) is 0 Å². The fourth-order valence-electron chi connectivity index (χ4n) is 0.771. The Morgan fingerprint density at radius 2 is 2.58 bits per heavy atom. The van der Waals surface area contributed by atoms with E-state index in [0.717, 1.165) is 0 Å². The summed E-state index contributed by atoms with van der Waals surface area (Å²) in [5.41, 5.74) is 5.57. The first kappa shape index (κ1) is 9.21. The minimum Gasteiger partial charge on any atom is -0.481 e. The van der Waals surface area contributed by atoms with Crippen LogP contribution in [0.4, 0.5) is 0 Å². The van der Waals surface area contributed by atoms with Crippen LogP contribution in [0.2, 0.25) is 0 Å². The van der Waals surface area contributed by atoms with Crippen LogP contribution < -0.4 is 5.73 Å². The van der Waals surface area contributed by atoms with Gasteiger partial charge in [-0.05, 0) is 0 Å². The molecule has 66 valence electrons. The van der Waals surface area contributed by atoms with E-state index in [4.69, 9.17) is 15.3 Å². The number of hydrogen-bond acceptors (Lipinski definition) is 4. The van der Waals surface area contributed by atoms with Crippen LogP contribution in [0.25, 0.3) is 0 Å². The van der Waals surface area contributed by atoms with Gasteiger partial charge in [-0.2, -0.15) is 0 Å². The minimum atomic E-state index is -1.00. The second kappa shape index (κ2) is 3.68. The molecule has 5 nitrogen and oxygen atoms in total. The van der Waals surface area contributed by atoms with Gasteiger partial charge in [0.1, 0.15) is 12.2 Å². The molecule has 1 atom stereocenters. The Labute approximate surface area is 76.7 Å². The predicted octanol–water partition coefficient (Wildman–Crippen LogP) is 0.564. The Kier molecular flexibility index (Phi) is 2.83. The first-order valence-corrected chi connectivity index (χ1v) is 3.98. The second-order valence-electron chi connectivity index (χ2n) is 2.15. The van der Waals surface area contributed by atoms with Crippen molar-refractivity contribution in [2.45, 2.75) is 5.92 Å². The van der Waals surface area contributed by atoms with Gasteiger partial charge >= 0.3 is 5.97 Å². The number of hydrogen-bond donors (Lipinski definition) is 2. The zero-order valence-corrected chi connectivity index (χ0v) is 7.61. The molecule has 1 aromatic rings. The minimum absolute atomic E-state index is 0.00824. The Morgan fingerprint density at radius 1 is 1.92 bits per heavy atom. The molecular formula is C6H7BrN2O3. The zero-order valence-electron chi connectivity index (χ0n) is 6.03. The maximum Gasteiger partial charge on any atom is 0.314 e. The Morgan fingerprint density at radius 3 is 2.92 bits per heavy atom. The lowest BCUT2D eigenvalue weighted by atomic mass is 10.1. The van der Waals surface area contributed by atoms with Gasteiger partial charge in [-0.15, -0.1) is 0 Å². The third-order valence-corrected chi connectivity index (χ3v) is 1.75. The van der Waals surface area contributed by atoms with Crippen molar-refractivity contribution >= 4 is 21.9 Å². The average molecular weight is 235 g/mol. The predicted molar refractivity (Wildman–Crippen MR) is 43.6 cm³/mol. The summed E-state index contributed by atoms with van der Waals surface area (Å²) in [4.78, 5) is 14.6. The van der Waals surface area contributed by atoms with Gasteiger partial charge in [0.25, 0.3) is 4.80 Å². The number of halogens is 1. The topological polar surface area (TPSA) is 89.4 Å². The van der Waals surface area contributed by atoms with Crippen molar-refractivity contribution in [3.8, 4) is 0 Å². The van der Waals surface area contributed by atoms with Crippen molar-refractivity contribution in [2.75, 3.05) is 6.54 Å². The van der Waals surface area contributed by atoms with E-state index in [2.05, 4.69) is 20.9 Å². The number of aliphatic carboxylic acids is 1. The number of carboxylic acids is 1. The number of carbonyl (C=O) groups is 1. The van der Waals surface area contributed by atoms with Crippen LogP contribution >= 0.6 is 15.9 Å². The molecule has 0 radical (unpaired) electrons. The maximum absolute atomic E-state index is 10.6. The van der Waals surface area contributed by atoms with Gasteiger partial charge in [-0.3, -0.25) is 4.79 Å². The molecule has 3 N–H and O–H groups in total. The smallest absolute Gasteiger partial charge is 0.314 e. The lowest BCUT2D eigenvalue weighted by Gasteiger charge is -2.03. The van der Waals surface area contributed by atoms with Crippen molar-refractivity contribution in [3.05, 3.63) is 16.8 Å². The first-order chi connectivity index (χ1) is 5.65. The highest BCUT2D eigenvalue weighted by Crippen LogP contribution is 2.16. The number of rotatable bonds is 3. The van der Waals surface area contributed by atoms with E-state index in [0.29, 0.717) is 5.69 Å². The molecule has 0 aromatic carbocycles. The number of oxazole rings is 1. The summed E-state index contributed by atoms with van der Waals surface area (Å²) in [5, 5.41) is 8.66. The van der Waals surface area contributed by atoms with Crippen LogP contribution in [0, 0.1) is 0 Å². The van der Waals surface area contributed by atoms with Gasteiger partial charge in [-0.1, -0.05) is 0 Å². The number of nitrogens with zero attached hydrogens (tertiary/aromatic N) is 1. The van der Waals surface area contributed by atoms with Gasteiger partial charge in [0.05, 0.1) is 5.69 Å². The Balaban J connectivity index is 2.87. The molecule has 1 rings (SSSR count). The third-order valence-electron chi connectivity index (χ3n) is 1.38. The standard InChI is InChI=1S/C6H7BrN2O3/c7-6-9-4(2-12-6)3(1-8)5(10)11/h2-3H,1,8H2,(H,10,11). The lowest BCUT2D eigenvalue weighted by Crippen LogP contribution is -2.21. The molecule has 0 bridgehead atoms. The van der Waals surface area contributed by atoms with E-state index in [1.807, 2.05) is 0 Å². The van der Waals surface area contributed by atoms with E-state index >= 15 is 0 Å². The Hall–Kier alpha value is -0.880. The highest BCUT2D eigenvalue weighted by molar-refractivity contribution is 9.10. The summed E-state index contributed by atoms with van der Waals surface area (Å²) in [6, 6.07) is 0. The van der Waals surface area contributed by atoms with E-state index < -0.39 is 11.9 Å². The molecule has 0 amide bonds. The largest absolute Gasteiger partial charge is 0.481 e. The van der Waals surface area contributed by atoms with Crippen LogP contribution in [0.3, 0.4) is 0 Å². The molecule has 0 saturated carbocycles. The van der Waals surface area contributed by atoms with Crippen LogP contribution in [0.1, 0.15) is 11.6 Å². The van der Waals surface area contributed by atoms with Crippen LogP contribution in [-0.2, 0) is 4.79 Å². The van der Waals surface area contributed by atoms with Crippen LogP contribution in [0.5, 0.6) is 0 Å². The number of carboxylic acid groups (broad SMARTS) is 1. The summed E-state index contributed by atoms with van der Waals surface area (Å²) < 4.78 is 4.78. The fourth-order valence-corrected chi connectivity index (χ4v) is 1.07. The lowest BCUT2D eigenvalue weighted by molar-refractivity contribution is -0.138. The van der Waals surface area contributed by atoms with E-state index in [-0.39, 0.29) is 11.3 Å². The molecule has 0 aliphatic carbocycles. The Bertz CT molecular complexity index is 286. The van der Waals surface area contributed by atoms with Crippen molar-refractivity contribution in [2.24, 2.45) is 5.73 Å². The second-order valence-corrected chi connectivity index (χ2v) is 2.83. The van der Waals surface area contributed by atoms with E-state index in [1.54, 1.807) is 0 Å². The molecule has 6 heteroatoms. The van der Waals surface area contributed by atoms with Gasteiger partial charge in [0.2, 0.25) is 0 Å². The van der Waals surface area contributed by atoms with E-state index in [1.165, 1.54) is 6.26 Å². The summed E-state index contributed by atoms with van der Waals surface area (Å²) >= 11 is 2.97. The highest BCUT2D eigenvalue weighted by Gasteiger charge is 2.21. The maximum atomic E-state index is 10.6.